The highest BCUT2D eigenvalue weighted by Crippen LogP contribution is 2.19. The molecule has 29 heavy (non-hydrogen) atoms. The molecule has 2 N–H and O–H groups in total. The number of rotatable bonds is 7. The molecular weight excluding hydrogens is 368 g/mol. The third kappa shape index (κ3) is 4.68. The maximum Gasteiger partial charge on any atom is 0.273 e. The number of amides is 1. The fourth-order valence-electron chi connectivity index (χ4n) is 3.23. The predicted octanol–water partition coefficient (Wildman–Crippen LogP) is 1.81. The van der Waals surface area contributed by atoms with Crippen molar-refractivity contribution < 1.29 is 4.79 Å². The van der Waals surface area contributed by atoms with Gasteiger partial charge in [0.2, 0.25) is 5.95 Å². The van der Waals surface area contributed by atoms with Gasteiger partial charge in [-0.05, 0) is 31.9 Å². The molecule has 9 nitrogen and oxygen atoms in total. The van der Waals surface area contributed by atoms with Gasteiger partial charge in [0.05, 0.1) is 11.9 Å². The molecule has 1 fully saturated rings. The summed E-state index contributed by atoms with van der Waals surface area (Å²) in [5.74, 6) is 1.27. The predicted molar refractivity (Wildman–Crippen MR) is 110 cm³/mol. The van der Waals surface area contributed by atoms with Crippen LogP contribution in [0.25, 0.3) is 5.69 Å². The average Bonchev–Trinajstić information content (AvgIpc) is 3.44. The number of hydrogen-bond acceptors (Lipinski definition) is 7. The number of nitrogens with zero attached hydrogens (tertiary/aromatic N) is 6. The van der Waals surface area contributed by atoms with Crippen LogP contribution in [0.5, 0.6) is 0 Å². The van der Waals surface area contributed by atoms with Gasteiger partial charge >= 0.3 is 0 Å². The van der Waals surface area contributed by atoms with E-state index in [2.05, 4.69) is 35.7 Å². The normalized spacial score (nSPS) is 13.5. The van der Waals surface area contributed by atoms with Crippen molar-refractivity contribution >= 4 is 17.7 Å². The van der Waals surface area contributed by atoms with E-state index in [-0.39, 0.29) is 11.6 Å². The molecule has 0 spiro atoms. The molecule has 0 radical (unpaired) electrons. The molecule has 3 heterocycles. The zero-order chi connectivity index (χ0) is 20.1. The van der Waals surface area contributed by atoms with Crippen LogP contribution in [0.2, 0.25) is 0 Å². The zero-order valence-corrected chi connectivity index (χ0v) is 16.4. The number of anilines is 2. The SMILES string of the molecule is Cc1cc(N2CCCC2)nc(NCCNC(=O)c2cnn(-c3ccccc3)n2)n1. The summed E-state index contributed by atoms with van der Waals surface area (Å²) in [6.45, 7) is 4.98. The minimum atomic E-state index is -0.267. The van der Waals surface area contributed by atoms with Gasteiger partial charge in [-0.2, -0.15) is 14.9 Å². The highest BCUT2D eigenvalue weighted by atomic mass is 16.2. The lowest BCUT2D eigenvalue weighted by molar-refractivity contribution is 0.0949. The zero-order valence-electron chi connectivity index (χ0n) is 16.4. The number of carbonyl (C=O) groups is 1. The van der Waals surface area contributed by atoms with Crippen molar-refractivity contribution in [2.45, 2.75) is 19.8 Å². The smallest absolute Gasteiger partial charge is 0.273 e. The molecule has 4 rings (SSSR count). The number of para-hydroxylation sites is 1. The Labute approximate surface area is 169 Å². The molecule has 0 atom stereocenters. The minimum Gasteiger partial charge on any atom is -0.356 e. The van der Waals surface area contributed by atoms with Gasteiger partial charge in [0.1, 0.15) is 5.82 Å². The Hall–Kier alpha value is -3.49. The second kappa shape index (κ2) is 8.68. The van der Waals surface area contributed by atoms with Crippen LogP contribution in [0, 0.1) is 6.92 Å². The Morgan fingerprint density at radius 3 is 2.69 bits per heavy atom. The monoisotopic (exact) mass is 392 g/mol. The number of benzene rings is 1. The molecule has 0 aliphatic carbocycles. The van der Waals surface area contributed by atoms with Crippen LogP contribution in [-0.2, 0) is 0 Å². The van der Waals surface area contributed by atoms with Gasteiger partial charge in [-0.1, -0.05) is 18.2 Å². The van der Waals surface area contributed by atoms with Gasteiger partial charge in [-0.3, -0.25) is 4.79 Å². The fourth-order valence-corrected chi connectivity index (χ4v) is 3.23. The Kier molecular flexibility index (Phi) is 5.64. The lowest BCUT2D eigenvalue weighted by Crippen LogP contribution is -2.29. The van der Waals surface area contributed by atoms with Gasteiger partial charge in [-0.25, -0.2) is 4.98 Å². The summed E-state index contributed by atoms with van der Waals surface area (Å²) in [5.41, 5.74) is 2.00. The van der Waals surface area contributed by atoms with Crippen LogP contribution >= 0.6 is 0 Å². The van der Waals surface area contributed by atoms with Crippen LogP contribution in [-0.4, -0.2) is 57.0 Å². The van der Waals surface area contributed by atoms with E-state index in [0.29, 0.717) is 19.0 Å². The average molecular weight is 392 g/mol. The first-order valence-electron chi connectivity index (χ1n) is 9.79. The van der Waals surface area contributed by atoms with Crippen LogP contribution in [0.1, 0.15) is 29.0 Å². The number of nitrogens with one attached hydrogen (secondary N) is 2. The molecule has 1 aliphatic heterocycles. The second-order valence-electron chi connectivity index (χ2n) is 6.92. The van der Waals surface area contributed by atoms with E-state index in [1.165, 1.54) is 23.8 Å². The van der Waals surface area contributed by atoms with Crippen molar-refractivity contribution in [3.8, 4) is 5.69 Å². The summed E-state index contributed by atoms with van der Waals surface area (Å²) in [6.07, 6.45) is 3.86. The standard InChI is InChI=1S/C20H24N8O/c1-15-13-18(27-11-5-6-12-27)25-20(24-15)22-10-9-21-19(29)17-14-23-28(26-17)16-7-3-2-4-8-16/h2-4,7-8,13-14H,5-6,9-12H2,1H3,(H,21,29)(H,22,24,25). The summed E-state index contributed by atoms with van der Waals surface area (Å²) < 4.78 is 0. The van der Waals surface area contributed by atoms with Gasteiger partial charge < -0.3 is 15.5 Å². The van der Waals surface area contributed by atoms with Crippen molar-refractivity contribution in [3.05, 3.63) is 54.0 Å². The highest BCUT2D eigenvalue weighted by Gasteiger charge is 2.15. The molecule has 0 bridgehead atoms. The van der Waals surface area contributed by atoms with Crippen LogP contribution in [0.15, 0.2) is 42.6 Å². The van der Waals surface area contributed by atoms with Crippen molar-refractivity contribution in [1.29, 1.82) is 0 Å². The van der Waals surface area contributed by atoms with Gasteiger partial charge in [0.25, 0.3) is 5.91 Å². The Morgan fingerprint density at radius 2 is 1.90 bits per heavy atom. The first kappa shape index (κ1) is 18.9. The lowest BCUT2D eigenvalue weighted by Gasteiger charge is -2.17. The number of carbonyl (C=O) groups excluding carboxylic acids is 1. The largest absolute Gasteiger partial charge is 0.356 e. The molecule has 9 heteroatoms. The molecule has 2 aromatic heterocycles. The second-order valence-corrected chi connectivity index (χ2v) is 6.92. The van der Waals surface area contributed by atoms with Gasteiger partial charge in [0.15, 0.2) is 5.69 Å². The van der Waals surface area contributed by atoms with Crippen LogP contribution in [0.3, 0.4) is 0 Å². The fraction of sp³-hybridized carbons (Fsp3) is 0.350. The molecule has 1 amide bonds. The van der Waals surface area contributed by atoms with E-state index in [1.54, 1.807) is 0 Å². The van der Waals surface area contributed by atoms with Gasteiger partial charge in [-0.15, -0.1) is 5.10 Å². The first-order chi connectivity index (χ1) is 14.2. The van der Waals surface area contributed by atoms with E-state index >= 15 is 0 Å². The number of aromatic nitrogens is 5. The Balaban J connectivity index is 1.28. The minimum absolute atomic E-state index is 0.267. The quantitative estimate of drug-likeness (QED) is 0.591. The van der Waals surface area contributed by atoms with Crippen LogP contribution < -0.4 is 15.5 Å². The Bertz CT molecular complexity index is 966. The molecule has 150 valence electrons. The molecular formula is C20H24N8O. The Morgan fingerprint density at radius 1 is 1.10 bits per heavy atom. The summed E-state index contributed by atoms with van der Waals surface area (Å²) in [6, 6.07) is 11.5. The van der Waals surface area contributed by atoms with E-state index in [4.69, 9.17) is 0 Å². The number of aryl methyl sites for hydroxylation is 1. The van der Waals surface area contributed by atoms with Crippen molar-refractivity contribution in [2.24, 2.45) is 0 Å². The first-order valence-corrected chi connectivity index (χ1v) is 9.79. The van der Waals surface area contributed by atoms with Crippen molar-refractivity contribution in [1.82, 2.24) is 30.3 Å². The summed E-state index contributed by atoms with van der Waals surface area (Å²) in [7, 11) is 0. The van der Waals surface area contributed by atoms with Gasteiger partial charge in [0, 0.05) is 37.9 Å². The maximum absolute atomic E-state index is 12.3. The molecule has 3 aromatic rings. The van der Waals surface area contributed by atoms with Crippen molar-refractivity contribution in [3.63, 3.8) is 0 Å². The van der Waals surface area contributed by atoms with E-state index in [1.807, 2.05) is 43.3 Å². The van der Waals surface area contributed by atoms with E-state index < -0.39 is 0 Å². The molecule has 0 unspecified atom stereocenters. The van der Waals surface area contributed by atoms with E-state index in [0.717, 1.165) is 30.3 Å². The summed E-state index contributed by atoms with van der Waals surface area (Å²) in [5, 5.41) is 14.4. The summed E-state index contributed by atoms with van der Waals surface area (Å²) >= 11 is 0. The topological polar surface area (TPSA) is 101 Å². The number of hydrogen-bond donors (Lipinski definition) is 2. The molecule has 1 saturated heterocycles. The van der Waals surface area contributed by atoms with E-state index in [9.17, 15) is 4.79 Å². The molecule has 0 saturated carbocycles. The third-order valence-corrected chi connectivity index (χ3v) is 4.68. The lowest BCUT2D eigenvalue weighted by atomic mass is 10.3. The molecule has 1 aromatic carbocycles. The highest BCUT2D eigenvalue weighted by molar-refractivity contribution is 5.91. The molecule has 1 aliphatic rings. The maximum atomic E-state index is 12.3. The van der Waals surface area contributed by atoms with Crippen LogP contribution in [0.4, 0.5) is 11.8 Å². The summed E-state index contributed by atoms with van der Waals surface area (Å²) in [4.78, 5) is 25.0. The third-order valence-electron chi connectivity index (χ3n) is 4.68. The van der Waals surface area contributed by atoms with Crippen molar-refractivity contribution in [2.75, 3.05) is 36.4 Å².